The minimum absolute atomic E-state index is 0.374. The molecule has 20 heavy (non-hydrogen) atoms. The van der Waals surface area contributed by atoms with Crippen LogP contribution in [-0.2, 0) is 6.54 Å². The van der Waals surface area contributed by atoms with Crippen LogP contribution in [0.4, 0.5) is 0 Å². The van der Waals surface area contributed by atoms with Crippen molar-refractivity contribution in [2.45, 2.75) is 59.1 Å². The van der Waals surface area contributed by atoms with Gasteiger partial charge in [0, 0.05) is 18.3 Å². The Bertz CT molecular complexity index is 398. The molecule has 3 nitrogen and oxygen atoms in total. The van der Waals surface area contributed by atoms with Gasteiger partial charge in [-0.05, 0) is 50.1 Å². The summed E-state index contributed by atoms with van der Waals surface area (Å²) < 4.78 is 6.19. The number of ether oxygens (including phenoxy) is 1. The summed E-state index contributed by atoms with van der Waals surface area (Å²) in [6, 6.07) is 2.06. The average molecular weight is 276 g/mol. The van der Waals surface area contributed by atoms with E-state index >= 15 is 0 Å². The van der Waals surface area contributed by atoms with Crippen LogP contribution in [0.1, 0.15) is 52.0 Å². The standard InChI is InChI=1S/C17H28N2O/c1-13(2)10-19-11-15-8-9-18-12-17(15)20-16-6-4-14(3)5-7-16/h8-9,12-14,16,19H,4-7,10-11H2,1-3H3. The number of aromatic nitrogens is 1. The van der Waals surface area contributed by atoms with Crippen molar-refractivity contribution >= 4 is 0 Å². The molecule has 1 aliphatic rings. The topological polar surface area (TPSA) is 34.2 Å². The molecule has 0 aromatic carbocycles. The molecule has 1 aliphatic carbocycles. The van der Waals surface area contributed by atoms with E-state index in [1.54, 1.807) is 0 Å². The molecule has 1 aromatic heterocycles. The fourth-order valence-electron chi connectivity index (χ4n) is 2.68. The molecule has 1 N–H and O–H groups in total. The smallest absolute Gasteiger partial charge is 0.142 e. The summed E-state index contributed by atoms with van der Waals surface area (Å²) in [6.07, 6.45) is 9.01. The van der Waals surface area contributed by atoms with Crippen LogP contribution in [0.3, 0.4) is 0 Å². The van der Waals surface area contributed by atoms with Gasteiger partial charge >= 0.3 is 0 Å². The third-order valence-electron chi connectivity index (χ3n) is 3.99. The van der Waals surface area contributed by atoms with Crippen molar-refractivity contribution in [3.05, 3.63) is 24.0 Å². The Morgan fingerprint density at radius 3 is 2.75 bits per heavy atom. The van der Waals surface area contributed by atoms with Crippen molar-refractivity contribution < 1.29 is 4.74 Å². The van der Waals surface area contributed by atoms with Gasteiger partial charge < -0.3 is 10.1 Å². The van der Waals surface area contributed by atoms with Crippen molar-refractivity contribution in [1.29, 1.82) is 0 Å². The quantitative estimate of drug-likeness (QED) is 0.858. The largest absolute Gasteiger partial charge is 0.488 e. The normalized spacial score (nSPS) is 23.0. The number of rotatable bonds is 6. The first-order valence-electron chi connectivity index (χ1n) is 7.95. The summed E-state index contributed by atoms with van der Waals surface area (Å²) in [7, 11) is 0. The van der Waals surface area contributed by atoms with Gasteiger partial charge in [0.05, 0.1) is 12.3 Å². The first-order chi connectivity index (χ1) is 9.65. The van der Waals surface area contributed by atoms with Gasteiger partial charge in [0.15, 0.2) is 0 Å². The Hall–Kier alpha value is -1.09. The van der Waals surface area contributed by atoms with Crippen LogP contribution in [0, 0.1) is 11.8 Å². The van der Waals surface area contributed by atoms with Gasteiger partial charge in [0.25, 0.3) is 0 Å². The number of pyridine rings is 1. The summed E-state index contributed by atoms with van der Waals surface area (Å²) in [5.41, 5.74) is 1.22. The number of hydrogen-bond acceptors (Lipinski definition) is 3. The molecule has 2 rings (SSSR count). The van der Waals surface area contributed by atoms with E-state index in [4.69, 9.17) is 4.74 Å². The lowest BCUT2D eigenvalue weighted by molar-refractivity contribution is 0.133. The molecule has 1 fully saturated rings. The van der Waals surface area contributed by atoms with E-state index in [0.29, 0.717) is 12.0 Å². The predicted octanol–water partition coefficient (Wildman–Crippen LogP) is 3.78. The van der Waals surface area contributed by atoms with Crippen molar-refractivity contribution in [2.24, 2.45) is 11.8 Å². The van der Waals surface area contributed by atoms with E-state index in [1.807, 2.05) is 12.4 Å². The predicted molar refractivity (Wildman–Crippen MR) is 82.8 cm³/mol. The molecule has 112 valence electrons. The zero-order valence-corrected chi connectivity index (χ0v) is 13.1. The zero-order chi connectivity index (χ0) is 14.4. The molecule has 1 aromatic rings. The lowest BCUT2D eigenvalue weighted by atomic mass is 9.89. The molecule has 3 heteroatoms. The third kappa shape index (κ3) is 4.78. The fourth-order valence-corrected chi connectivity index (χ4v) is 2.68. The maximum Gasteiger partial charge on any atom is 0.142 e. The highest BCUT2D eigenvalue weighted by Gasteiger charge is 2.20. The third-order valence-corrected chi connectivity index (χ3v) is 3.99. The van der Waals surface area contributed by atoms with Crippen LogP contribution in [-0.4, -0.2) is 17.6 Å². The Labute approximate surface area is 123 Å². The molecule has 0 radical (unpaired) electrons. The molecule has 0 bridgehead atoms. The molecule has 0 atom stereocenters. The first-order valence-corrected chi connectivity index (χ1v) is 7.95. The molecule has 1 saturated carbocycles. The second-order valence-electron chi connectivity index (χ2n) is 6.51. The summed E-state index contributed by atoms with van der Waals surface area (Å²) >= 11 is 0. The fraction of sp³-hybridized carbons (Fsp3) is 0.706. The van der Waals surface area contributed by atoms with E-state index in [1.165, 1.54) is 31.2 Å². The van der Waals surface area contributed by atoms with Crippen molar-refractivity contribution in [2.75, 3.05) is 6.54 Å². The van der Waals surface area contributed by atoms with E-state index in [-0.39, 0.29) is 0 Å². The van der Waals surface area contributed by atoms with Gasteiger partial charge in [-0.1, -0.05) is 20.8 Å². The summed E-state index contributed by atoms with van der Waals surface area (Å²) in [4.78, 5) is 4.22. The van der Waals surface area contributed by atoms with Crippen LogP contribution in [0.5, 0.6) is 5.75 Å². The van der Waals surface area contributed by atoms with E-state index in [0.717, 1.165) is 24.8 Å². The number of nitrogens with zero attached hydrogens (tertiary/aromatic N) is 1. The lowest BCUT2D eigenvalue weighted by Crippen LogP contribution is -2.24. The van der Waals surface area contributed by atoms with Gasteiger partial charge in [-0.3, -0.25) is 4.98 Å². The molecule has 0 amide bonds. The van der Waals surface area contributed by atoms with Gasteiger partial charge in [-0.2, -0.15) is 0 Å². The number of hydrogen-bond donors (Lipinski definition) is 1. The second-order valence-corrected chi connectivity index (χ2v) is 6.51. The van der Waals surface area contributed by atoms with Crippen LogP contribution in [0.15, 0.2) is 18.5 Å². The lowest BCUT2D eigenvalue weighted by Gasteiger charge is -2.27. The Morgan fingerprint density at radius 2 is 2.05 bits per heavy atom. The van der Waals surface area contributed by atoms with Crippen molar-refractivity contribution in [3.63, 3.8) is 0 Å². The SMILES string of the molecule is CC(C)CNCc1ccncc1OC1CCC(C)CC1. The highest BCUT2D eigenvalue weighted by molar-refractivity contribution is 5.30. The Morgan fingerprint density at radius 1 is 1.30 bits per heavy atom. The maximum absolute atomic E-state index is 6.19. The van der Waals surface area contributed by atoms with E-state index in [2.05, 4.69) is 37.1 Å². The Kier molecular flexibility index (Phi) is 5.84. The van der Waals surface area contributed by atoms with Gasteiger partial charge in [0.2, 0.25) is 0 Å². The molecule has 0 spiro atoms. The zero-order valence-electron chi connectivity index (χ0n) is 13.1. The van der Waals surface area contributed by atoms with E-state index < -0.39 is 0 Å². The second kappa shape index (κ2) is 7.63. The van der Waals surface area contributed by atoms with Crippen LogP contribution in [0.2, 0.25) is 0 Å². The van der Waals surface area contributed by atoms with Gasteiger partial charge in [-0.25, -0.2) is 0 Å². The monoisotopic (exact) mass is 276 g/mol. The first kappa shape index (κ1) is 15.3. The molecule has 1 heterocycles. The summed E-state index contributed by atoms with van der Waals surface area (Å²) in [6.45, 7) is 8.67. The van der Waals surface area contributed by atoms with Crippen molar-refractivity contribution in [3.8, 4) is 5.75 Å². The van der Waals surface area contributed by atoms with Crippen LogP contribution in [0.25, 0.3) is 0 Å². The molecule has 0 unspecified atom stereocenters. The minimum Gasteiger partial charge on any atom is -0.488 e. The number of nitrogens with one attached hydrogen (secondary N) is 1. The van der Waals surface area contributed by atoms with Crippen LogP contribution < -0.4 is 10.1 Å². The van der Waals surface area contributed by atoms with E-state index in [9.17, 15) is 0 Å². The average Bonchev–Trinajstić information content (AvgIpc) is 2.43. The summed E-state index contributed by atoms with van der Waals surface area (Å²) in [5, 5.41) is 3.48. The van der Waals surface area contributed by atoms with Crippen LogP contribution >= 0.6 is 0 Å². The highest BCUT2D eigenvalue weighted by Crippen LogP contribution is 2.28. The van der Waals surface area contributed by atoms with Gasteiger partial charge in [0.1, 0.15) is 5.75 Å². The van der Waals surface area contributed by atoms with Crippen molar-refractivity contribution in [1.82, 2.24) is 10.3 Å². The molecular formula is C17H28N2O. The molecule has 0 aliphatic heterocycles. The molecule has 0 saturated heterocycles. The molecular weight excluding hydrogens is 248 g/mol. The highest BCUT2D eigenvalue weighted by atomic mass is 16.5. The summed E-state index contributed by atoms with van der Waals surface area (Å²) in [5.74, 6) is 2.49. The maximum atomic E-state index is 6.19. The Balaban J connectivity index is 1.90. The minimum atomic E-state index is 0.374. The van der Waals surface area contributed by atoms with Gasteiger partial charge in [-0.15, -0.1) is 0 Å².